The zero-order valence-corrected chi connectivity index (χ0v) is 16.1. The van der Waals surface area contributed by atoms with Crippen molar-refractivity contribution < 1.29 is 9.59 Å². The highest BCUT2D eigenvalue weighted by molar-refractivity contribution is 6.23. The summed E-state index contributed by atoms with van der Waals surface area (Å²) in [5, 5.41) is 0. The largest absolute Gasteiger partial charge is 0.274 e. The Morgan fingerprint density at radius 1 is 0.750 bits per heavy atom. The van der Waals surface area contributed by atoms with Gasteiger partial charge in [-0.2, -0.15) is 0 Å². The van der Waals surface area contributed by atoms with Gasteiger partial charge in [0.1, 0.15) is 0 Å². The lowest BCUT2D eigenvalue weighted by Gasteiger charge is -2.28. The number of imide groups is 1. The second-order valence-corrected chi connectivity index (χ2v) is 9.74. The van der Waals surface area contributed by atoms with Crippen molar-refractivity contribution in [2.45, 2.75) is 44.9 Å². The zero-order valence-electron chi connectivity index (χ0n) is 16.1. The van der Waals surface area contributed by atoms with Crippen LogP contribution in [0.15, 0.2) is 52.6 Å². The number of fused-ring (bicyclic) bond motifs is 11. The molecule has 3 nitrogen and oxygen atoms in total. The minimum atomic E-state index is -0.126. The number of rotatable bonds is 1. The van der Waals surface area contributed by atoms with Gasteiger partial charge in [-0.15, -0.1) is 0 Å². The van der Waals surface area contributed by atoms with Gasteiger partial charge in [-0.3, -0.25) is 9.59 Å². The van der Waals surface area contributed by atoms with Gasteiger partial charge in [-0.05, 0) is 68.9 Å². The van der Waals surface area contributed by atoms with Crippen LogP contribution < -0.4 is 4.90 Å². The molecule has 4 bridgehead atoms. The molecule has 1 aromatic rings. The number of benzene rings is 1. The van der Waals surface area contributed by atoms with Gasteiger partial charge < -0.3 is 0 Å². The monoisotopic (exact) mass is 371 g/mol. The van der Waals surface area contributed by atoms with Crippen molar-refractivity contribution in [1.29, 1.82) is 0 Å². The van der Waals surface area contributed by atoms with Crippen LogP contribution >= 0.6 is 0 Å². The van der Waals surface area contributed by atoms with E-state index in [1.165, 1.54) is 49.8 Å². The normalized spacial score (nSPS) is 40.4. The Hall–Kier alpha value is -2.16. The van der Waals surface area contributed by atoms with Crippen LogP contribution in [-0.4, -0.2) is 11.8 Å². The van der Waals surface area contributed by atoms with Crippen LogP contribution in [0, 0.1) is 35.5 Å². The summed E-state index contributed by atoms with van der Waals surface area (Å²) in [4.78, 5) is 28.7. The van der Waals surface area contributed by atoms with Gasteiger partial charge in [-0.1, -0.05) is 40.5 Å². The van der Waals surface area contributed by atoms with E-state index in [1.807, 2.05) is 30.3 Å². The van der Waals surface area contributed by atoms with Gasteiger partial charge in [-0.25, -0.2) is 4.90 Å². The Labute approximate surface area is 165 Å². The van der Waals surface area contributed by atoms with Crippen molar-refractivity contribution in [1.82, 2.24) is 0 Å². The molecule has 1 aromatic carbocycles. The van der Waals surface area contributed by atoms with Crippen LogP contribution in [-0.2, 0) is 9.59 Å². The van der Waals surface area contributed by atoms with Gasteiger partial charge in [0.05, 0.1) is 17.5 Å². The number of anilines is 1. The average Bonchev–Trinajstić information content (AvgIpc) is 3.52. The third kappa shape index (κ3) is 1.69. The average molecular weight is 371 g/mol. The molecule has 4 fully saturated rings. The molecule has 6 atom stereocenters. The van der Waals surface area contributed by atoms with Crippen LogP contribution in [0.4, 0.5) is 5.69 Å². The summed E-state index contributed by atoms with van der Waals surface area (Å²) >= 11 is 0. The van der Waals surface area contributed by atoms with E-state index < -0.39 is 0 Å². The molecule has 0 radical (unpaired) electrons. The highest BCUT2D eigenvalue weighted by Gasteiger charge is 2.69. The quantitative estimate of drug-likeness (QED) is 0.409. The molecule has 1 saturated heterocycles. The van der Waals surface area contributed by atoms with Gasteiger partial charge in [0.15, 0.2) is 0 Å². The number of allylic oxidation sites excluding steroid dienone is 4. The highest BCUT2D eigenvalue weighted by Crippen LogP contribution is 2.71. The fourth-order valence-electron chi connectivity index (χ4n) is 7.96. The summed E-state index contributed by atoms with van der Waals surface area (Å²) in [5.74, 6) is 1.80. The fraction of sp³-hybridized carbons (Fsp3) is 0.520. The number of hydrogen-bond acceptors (Lipinski definition) is 2. The lowest BCUT2D eigenvalue weighted by atomic mass is 9.72. The van der Waals surface area contributed by atoms with Crippen LogP contribution in [0.3, 0.4) is 0 Å². The van der Waals surface area contributed by atoms with Gasteiger partial charge in [0.2, 0.25) is 11.8 Å². The maximum Gasteiger partial charge on any atom is 0.238 e. The van der Waals surface area contributed by atoms with Crippen LogP contribution in [0.5, 0.6) is 0 Å². The third-order valence-corrected chi connectivity index (χ3v) is 8.73. The Bertz CT molecular complexity index is 931. The molecule has 0 spiro atoms. The molecule has 28 heavy (non-hydrogen) atoms. The number of carbonyl (C=O) groups is 2. The summed E-state index contributed by atoms with van der Waals surface area (Å²) in [5.41, 5.74) is 7.19. The minimum absolute atomic E-state index is 0.0686. The topological polar surface area (TPSA) is 37.4 Å². The second-order valence-electron chi connectivity index (χ2n) is 9.74. The standard InChI is InChI=1S/C25H25NO2/c27-24-22-20-17(13-6-4-5-7-13)21(19-15-11-10-14(12-15)18(19)20)23(22)25(28)26(24)16-8-2-1-3-9-16/h1-3,8-9,14-15,20-23H,4-7,10-12H2/t14-,15-,20+,21+,22-,23+/m0/s1. The van der Waals surface area contributed by atoms with Crippen LogP contribution in [0.25, 0.3) is 0 Å². The molecule has 3 heteroatoms. The molecule has 0 aromatic heterocycles. The maximum atomic E-state index is 13.6. The molecule has 0 N–H and O–H groups in total. The van der Waals surface area contributed by atoms with Crippen molar-refractivity contribution >= 4 is 17.5 Å². The van der Waals surface area contributed by atoms with E-state index in [4.69, 9.17) is 0 Å². The van der Waals surface area contributed by atoms with E-state index in [-0.39, 0.29) is 35.5 Å². The molecule has 3 saturated carbocycles. The number of amides is 2. The van der Waals surface area contributed by atoms with Crippen molar-refractivity contribution in [2.75, 3.05) is 4.90 Å². The Morgan fingerprint density at radius 3 is 1.89 bits per heavy atom. The molecule has 6 aliphatic rings. The fourth-order valence-corrected chi connectivity index (χ4v) is 7.96. The first kappa shape index (κ1) is 15.7. The van der Waals surface area contributed by atoms with E-state index in [2.05, 4.69) is 0 Å². The SMILES string of the molecule is O=C1[C@@H]2[C@H]3C4=C([C@H]5CC[C@H]4C5)[C@@H](C3=C3CCCC3)[C@@H]2C(=O)N1c1ccccc1. The summed E-state index contributed by atoms with van der Waals surface area (Å²) < 4.78 is 0. The lowest BCUT2D eigenvalue weighted by molar-refractivity contribution is -0.123. The number of hydrogen-bond donors (Lipinski definition) is 0. The Kier molecular flexibility index (Phi) is 2.95. The summed E-state index contributed by atoms with van der Waals surface area (Å²) in [6.45, 7) is 0. The van der Waals surface area contributed by atoms with Gasteiger partial charge in [0, 0.05) is 11.8 Å². The molecule has 142 valence electrons. The maximum absolute atomic E-state index is 13.6. The number of nitrogens with zero attached hydrogens (tertiary/aromatic N) is 1. The first-order valence-electron chi connectivity index (χ1n) is 11.1. The molecular weight excluding hydrogens is 346 g/mol. The minimum Gasteiger partial charge on any atom is -0.274 e. The van der Waals surface area contributed by atoms with Crippen molar-refractivity contribution in [3.05, 3.63) is 52.6 Å². The van der Waals surface area contributed by atoms with Crippen molar-refractivity contribution in [2.24, 2.45) is 35.5 Å². The van der Waals surface area contributed by atoms with E-state index >= 15 is 0 Å². The van der Waals surface area contributed by atoms with Gasteiger partial charge in [0.25, 0.3) is 0 Å². The molecule has 1 heterocycles. The Morgan fingerprint density at radius 2 is 1.32 bits per heavy atom. The predicted molar refractivity (Wildman–Crippen MR) is 106 cm³/mol. The first-order chi connectivity index (χ1) is 13.8. The summed E-state index contributed by atoms with van der Waals surface area (Å²) in [6.07, 6.45) is 8.86. The molecule has 2 amide bonds. The number of carbonyl (C=O) groups excluding carboxylic acids is 2. The van der Waals surface area contributed by atoms with E-state index in [9.17, 15) is 9.59 Å². The molecule has 7 rings (SSSR count). The van der Waals surface area contributed by atoms with Crippen molar-refractivity contribution in [3.63, 3.8) is 0 Å². The van der Waals surface area contributed by atoms with Crippen LogP contribution in [0.2, 0.25) is 0 Å². The van der Waals surface area contributed by atoms with E-state index in [1.54, 1.807) is 22.3 Å². The summed E-state index contributed by atoms with van der Waals surface area (Å²) in [7, 11) is 0. The molecule has 5 aliphatic carbocycles. The molecule has 0 unspecified atom stereocenters. The first-order valence-corrected chi connectivity index (χ1v) is 11.1. The highest BCUT2D eigenvalue weighted by atomic mass is 16.2. The number of para-hydroxylation sites is 1. The third-order valence-electron chi connectivity index (χ3n) is 8.73. The van der Waals surface area contributed by atoms with Crippen LogP contribution in [0.1, 0.15) is 44.9 Å². The summed E-state index contributed by atoms with van der Waals surface area (Å²) in [6, 6.07) is 9.58. The van der Waals surface area contributed by atoms with Crippen molar-refractivity contribution in [3.8, 4) is 0 Å². The Balaban J connectivity index is 1.39. The smallest absolute Gasteiger partial charge is 0.238 e. The van der Waals surface area contributed by atoms with E-state index in [0.29, 0.717) is 11.8 Å². The van der Waals surface area contributed by atoms with E-state index in [0.717, 1.165) is 5.69 Å². The predicted octanol–water partition coefficient (Wildman–Crippen LogP) is 4.65. The lowest BCUT2D eigenvalue weighted by Crippen LogP contribution is -2.33. The molecule has 1 aliphatic heterocycles. The van der Waals surface area contributed by atoms with Gasteiger partial charge >= 0.3 is 0 Å². The zero-order chi connectivity index (χ0) is 18.6. The second kappa shape index (κ2) is 5.25. The molecular formula is C25H25NO2.